The molecule has 0 bridgehead atoms. The van der Waals surface area contributed by atoms with Crippen molar-refractivity contribution < 1.29 is 14.7 Å². The second-order valence-electron chi connectivity index (χ2n) is 5.16. The van der Waals surface area contributed by atoms with Crippen LogP contribution in [0.25, 0.3) is 10.9 Å². The third-order valence-corrected chi connectivity index (χ3v) is 3.42. The maximum atomic E-state index is 12.3. The normalized spacial score (nSPS) is 12.0. The number of carbonyl (C=O) groups is 2. The van der Waals surface area contributed by atoms with Crippen molar-refractivity contribution >= 4 is 22.8 Å². The minimum Gasteiger partial charge on any atom is -0.480 e. The highest BCUT2D eigenvalue weighted by molar-refractivity contribution is 5.83. The van der Waals surface area contributed by atoms with Gasteiger partial charge in [0.05, 0.1) is 10.9 Å². The third-order valence-electron chi connectivity index (χ3n) is 3.42. The number of amides is 1. The summed E-state index contributed by atoms with van der Waals surface area (Å²) in [6, 6.07) is 5.70. The van der Waals surface area contributed by atoms with E-state index < -0.39 is 29.2 Å². The Hall–Kier alpha value is -2.90. The SMILES string of the molecule is C[C@H](NC(=O)CCCn1c(=O)[nH]c2ccccc2c1=O)C(=O)O. The molecule has 0 saturated heterocycles. The fourth-order valence-electron chi connectivity index (χ4n) is 2.18. The molecule has 1 aromatic carbocycles. The largest absolute Gasteiger partial charge is 0.480 e. The van der Waals surface area contributed by atoms with Crippen LogP contribution < -0.4 is 16.6 Å². The van der Waals surface area contributed by atoms with Crippen molar-refractivity contribution in [1.82, 2.24) is 14.9 Å². The first-order valence-corrected chi connectivity index (χ1v) is 7.14. The number of benzene rings is 1. The van der Waals surface area contributed by atoms with Crippen LogP contribution in [0.15, 0.2) is 33.9 Å². The summed E-state index contributed by atoms with van der Waals surface area (Å²) in [5.74, 6) is -1.56. The number of fused-ring (bicyclic) bond motifs is 1. The molecule has 23 heavy (non-hydrogen) atoms. The van der Waals surface area contributed by atoms with Gasteiger partial charge in [-0.25, -0.2) is 4.79 Å². The molecule has 0 saturated carbocycles. The monoisotopic (exact) mass is 319 g/mol. The molecule has 1 aromatic heterocycles. The Bertz CT molecular complexity index is 852. The van der Waals surface area contributed by atoms with E-state index in [9.17, 15) is 19.2 Å². The zero-order chi connectivity index (χ0) is 17.0. The van der Waals surface area contributed by atoms with E-state index >= 15 is 0 Å². The van der Waals surface area contributed by atoms with Gasteiger partial charge in [-0.1, -0.05) is 12.1 Å². The summed E-state index contributed by atoms with van der Waals surface area (Å²) in [6.45, 7) is 1.44. The number of aliphatic carboxylic acids is 1. The summed E-state index contributed by atoms with van der Waals surface area (Å²) in [5, 5.41) is 11.4. The number of carboxylic acid groups (broad SMARTS) is 1. The molecular weight excluding hydrogens is 302 g/mol. The van der Waals surface area contributed by atoms with E-state index in [2.05, 4.69) is 10.3 Å². The van der Waals surface area contributed by atoms with Crippen molar-refractivity contribution in [1.29, 1.82) is 0 Å². The van der Waals surface area contributed by atoms with E-state index in [0.717, 1.165) is 4.57 Å². The Morgan fingerprint density at radius 1 is 1.30 bits per heavy atom. The quantitative estimate of drug-likeness (QED) is 0.695. The molecule has 0 aliphatic carbocycles. The molecular formula is C15H17N3O5. The van der Waals surface area contributed by atoms with Crippen LogP contribution in [0.4, 0.5) is 0 Å². The number of rotatable bonds is 6. The van der Waals surface area contributed by atoms with Gasteiger partial charge in [0, 0.05) is 13.0 Å². The van der Waals surface area contributed by atoms with Crippen molar-refractivity contribution in [3.05, 3.63) is 45.1 Å². The number of para-hydroxylation sites is 1. The molecule has 0 radical (unpaired) electrons. The lowest BCUT2D eigenvalue weighted by atomic mass is 10.2. The van der Waals surface area contributed by atoms with E-state index in [1.54, 1.807) is 24.3 Å². The number of aromatic nitrogens is 2. The van der Waals surface area contributed by atoms with Gasteiger partial charge in [0.1, 0.15) is 6.04 Å². The van der Waals surface area contributed by atoms with Crippen molar-refractivity contribution in [3.63, 3.8) is 0 Å². The summed E-state index contributed by atoms with van der Waals surface area (Å²) < 4.78 is 1.04. The van der Waals surface area contributed by atoms with E-state index in [1.807, 2.05) is 0 Å². The van der Waals surface area contributed by atoms with Gasteiger partial charge in [-0.15, -0.1) is 0 Å². The van der Waals surface area contributed by atoms with Gasteiger partial charge in [0.15, 0.2) is 0 Å². The molecule has 1 amide bonds. The Balaban J connectivity index is 2.06. The van der Waals surface area contributed by atoms with Gasteiger partial charge in [0.2, 0.25) is 5.91 Å². The second kappa shape index (κ2) is 6.91. The second-order valence-corrected chi connectivity index (χ2v) is 5.16. The zero-order valence-electron chi connectivity index (χ0n) is 12.5. The molecule has 0 aliphatic heterocycles. The zero-order valence-corrected chi connectivity index (χ0v) is 12.5. The number of aromatic amines is 1. The average molecular weight is 319 g/mol. The molecule has 2 aromatic rings. The van der Waals surface area contributed by atoms with Crippen molar-refractivity contribution in [3.8, 4) is 0 Å². The minimum absolute atomic E-state index is 0.0241. The van der Waals surface area contributed by atoms with E-state index in [4.69, 9.17) is 5.11 Å². The van der Waals surface area contributed by atoms with Crippen LogP contribution in [0.1, 0.15) is 19.8 Å². The number of carbonyl (C=O) groups excluding carboxylic acids is 1. The van der Waals surface area contributed by atoms with E-state index in [-0.39, 0.29) is 19.4 Å². The first-order valence-electron chi connectivity index (χ1n) is 7.14. The van der Waals surface area contributed by atoms with Crippen LogP contribution in [0, 0.1) is 0 Å². The Labute approximate surface area is 130 Å². The first-order chi connectivity index (χ1) is 10.9. The summed E-state index contributed by atoms with van der Waals surface area (Å²) in [7, 11) is 0. The highest BCUT2D eigenvalue weighted by Gasteiger charge is 2.14. The van der Waals surface area contributed by atoms with E-state index in [0.29, 0.717) is 10.9 Å². The van der Waals surface area contributed by atoms with Crippen LogP contribution in [-0.2, 0) is 16.1 Å². The highest BCUT2D eigenvalue weighted by Crippen LogP contribution is 2.03. The van der Waals surface area contributed by atoms with Crippen molar-refractivity contribution in [2.75, 3.05) is 0 Å². The fourth-order valence-corrected chi connectivity index (χ4v) is 2.18. The van der Waals surface area contributed by atoms with Gasteiger partial charge < -0.3 is 15.4 Å². The number of hydrogen-bond donors (Lipinski definition) is 3. The standard InChI is InChI=1S/C15H17N3O5/c1-9(14(21)22)16-12(19)7-4-8-18-13(20)10-5-2-3-6-11(10)17-15(18)23/h2-3,5-6,9H,4,7-8H2,1H3,(H,16,19)(H,17,23)(H,21,22)/t9-/m0/s1. The number of carboxylic acids is 1. The molecule has 2 rings (SSSR count). The molecule has 1 heterocycles. The van der Waals surface area contributed by atoms with Gasteiger partial charge in [0.25, 0.3) is 5.56 Å². The summed E-state index contributed by atoms with van der Waals surface area (Å²) in [4.78, 5) is 49.0. The predicted molar refractivity (Wildman–Crippen MR) is 83.3 cm³/mol. The summed E-state index contributed by atoms with van der Waals surface area (Å²) in [5.41, 5.74) is -0.483. The van der Waals surface area contributed by atoms with Crippen LogP contribution >= 0.6 is 0 Å². The number of H-pyrrole nitrogens is 1. The third kappa shape index (κ3) is 3.85. The highest BCUT2D eigenvalue weighted by atomic mass is 16.4. The minimum atomic E-state index is -1.12. The number of nitrogens with zero attached hydrogens (tertiary/aromatic N) is 1. The van der Waals surface area contributed by atoms with Gasteiger partial charge >= 0.3 is 11.7 Å². The van der Waals surface area contributed by atoms with Crippen LogP contribution in [-0.4, -0.2) is 32.6 Å². The Kier molecular flexibility index (Phi) is 4.95. The number of hydrogen-bond acceptors (Lipinski definition) is 4. The molecule has 8 heteroatoms. The predicted octanol–water partition coefficient (Wildman–Crippen LogP) is 0.0593. The van der Waals surface area contributed by atoms with Gasteiger partial charge in [-0.3, -0.25) is 19.0 Å². The molecule has 0 unspecified atom stereocenters. The Morgan fingerprint density at radius 3 is 2.70 bits per heavy atom. The maximum Gasteiger partial charge on any atom is 0.328 e. The van der Waals surface area contributed by atoms with E-state index in [1.165, 1.54) is 6.92 Å². The molecule has 8 nitrogen and oxygen atoms in total. The average Bonchev–Trinajstić information content (AvgIpc) is 2.50. The fraction of sp³-hybridized carbons (Fsp3) is 0.333. The smallest absolute Gasteiger partial charge is 0.328 e. The first kappa shape index (κ1) is 16.5. The van der Waals surface area contributed by atoms with Crippen LogP contribution in [0.5, 0.6) is 0 Å². The lowest BCUT2D eigenvalue weighted by molar-refractivity contribution is -0.141. The van der Waals surface area contributed by atoms with Crippen molar-refractivity contribution in [2.24, 2.45) is 0 Å². The van der Waals surface area contributed by atoms with Gasteiger partial charge in [-0.2, -0.15) is 0 Å². The molecule has 122 valence electrons. The lowest BCUT2D eigenvalue weighted by Crippen LogP contribution is -2.39. The maximum absolute atomic E-state index is 12.3. The summed E-state index contributed by atoms with van der Waals surface area (Å²) >= 11 is 0. The van der Waals surface area contributed by atoms with Gasteiger partial charge in [-0.05, 0) is 25.5 Å². The molecule has 0 fully saturated rings. The molecule has 3 N–H and O–H groups in total. The van der Waals surface area contributed by atoms with Crippen LogP contribution in [0.3, 0.4) is 0 Å². The molecule has 0 aliphatic rings. The van der Waals surface area contributed by atoms with Crippen LogP contribution in [0.2, 0.25) is 0 Å². The number of nitrogens with one attached hydrogen (secondary N) is 2. The van der Waals surface area contributed by atoms with Crippen molar-refractivity contribution in [2.45, 2.75) is 32.4 Å². The molecule has 0 spiro atoms. The lowest BCUT2D eigenvalue weighted by Gasteiger charge is -2.09. The topological polar surface area (TPSA) is 121 Å². The Morgan fingerprint density at radius 2 is 2.00 bits per heavy atom. The molecule has 1 atom stereocenters. The summed E-state index contributed by atoms with van der Waals surface area (Å²) in [6.07, 6.45) is 0.274.